The Hall–Kier alpha value is -5.14. The maximum atomic E-state index is 10.8. The van der Waals surface area contributed by atoms with Gasteiger partial charge in [0.1, 0.15) is 33.7 Å². The van der Waals surface area contributed by atoms with Crippen LogP contribution in [0, 0.1) is 30.3 Å². The molecule has 2 aliphatic rings. The van der Waals surface area contributed by atoms with E-state index in [-0.39, 0.29) is 99.4 Å². The lowest BCUT2D eigenvalue weighted by Crippen LogP contribution is -2.66. The number of rotatable bonds is 28. The molecule has 2 fully saturated rings. The molecule has 3 aromatic heterocycles. The molecule has 120 heavy (non-hydrogen) atoms. The van der Waals surface area contributed by atoms with E-state index in [9.17, 15) is 35.4 Å². The van der Waals surface area contributed by atoms with Crippen LogP contribution < -0.4 is 31.1 Å². The molecule has 3 heterocycles. The first kappa shape index (κ1) is 117. The smallest absolute Gasteiger partial charge is 0.287 e. The number of hydrogen-bond acceptors (Lipinski definition) is 23. The second-order valence-corrected chi connectivity index (χ2v) is 53.4. The van der Waals surface area contributed by atoms with Crippen molar-refractivity contribution in [3.8, 4) is 0 Å². The first-order valence-electron chi connectivity index (χ1n) is 37.7. The summed E-state index contributed by atoms with van der Waals surface area (Å²) in [5.74, 6) is 3.31. The second kappa shape index (κ2) is 59.7. The zero-order valence-electron chi connectivity index (χ0n) is 66.7. The third-order valence-corrected chi connectivity index (χ3v) is 44.8. The van der Waals surface area contributed by atoms with Crippen LogP contribution in [0.3, 0.4) is 0 Å². The van der Waals surface area contributed by atoms with Gasteiger partial charge in [-0.3, -0.25) is 30.3 Å². The summed E-state index contributed by atoms with van der Waals surface area (Å²) in [5.41, 5.74) is -0.148. The van der Waals surface area contributed by atoms with Crippen LogP contribution in [0.1, 0.15) is 172 Å². The average Bonchev–Trinajstić information content (AvgIpc) is 0.761. The van der Waals surface area contributed by atoms with Crippen molar-refractivity contribution < 1.29 is 38.9 Å². The third kappa shape index (κ3) is 36.1. The number of aliphatic hydroxyl groups is 3. The fourth-order valence-electron chi connectivity index (χ4n) is 12.8. The van der Waals surface area contributed by atoms with Crippen LogP contribution in [-0.4, -0.2) is 135 Å². The molecular weight excluding hydrogens is 1750 g/mol. The van der Waals surface area contributed by atoms with Gasteiger partial charge < -0.3 is 24.2 Å². The van der Waals surface area contributed by atoms with E-state index in [1.807, 2.05) is 45.9 Å². The molecule has 6 aromatic carbocycles. The SMILES string of the molecule is C.C.C.C.C.C.CC(C)(C)[Si](Cl)(c1ccccc1)c1ccccc1.CC(C)(C)[Si](OCCS)(c1ccccc1)c1ccccc1.CC(C)(C)[Si](OCCSSc1ccc([N+](=O)[O-])cn1)(c1ccccc1)c1ccccc1.CCCSSC1(CO)CCCC1.O=[N+]([O-])c1ccc(SSc2ccc([N+](=O)[O-])cn2)nc1.OCC1(S)CCCC1.OCCS. The zero-order chi connectivity index (χ0) is 83.7. The lowest BCUT2D eigenvalue weighted by molar-refractivity contribution is -0.385. The molecule has 0 saturated heterocycles. The number of aliphatic hydroxyl groups excluding tert-OH is 3. The van der Waals surface area contributed by atoms with Gasteiger partial charge in [0.25, 0.3) is 33.7 Å². The molecule has 30 heteroatoms. The van der Waals surface area contributed by atoms with E-state index in [2.05, 4.69) is 280 Å². The number of nitrogens with zero attached hydrogens (tertiary/aromatic N) is 6. The third-order valence-electron chi connectivity index (χ3n) is 18.5. The molecule has 0 amide bonds. The maximum absolute atomic E-state index is 10.8. The van der Waals surface area contributed by atoms with Crippen molar-refractivity contribution in [1.82, 2.24) is 15.0 Å². The largest absolute Gasteiger partial charge is 0.407 e. The fraction of sp³-hybridized carbons (Fsp3) is 0.433. The summed E-state index contributed by atoms with van der Waals surface area (Å²) in [7, 11) is 2.46. The topological polar surface area (TPSA) is 247 Å². The Morgan fingerprint density at radius 2 is 0.725 bits per heavy atom. The van der Waals surface area contributed by atoms with Crippen LogP contribution in [0.15, 0.2) is 252 Å². The minimum absolute atomic E-state index is 0. The number of pyridine rings is 3. The van der Waals surface area contributed by atoms with E-state index in [1.54, 1.807) is 16.9 Å². The van der Waals surface area contributed by atoms with Gasteiger partial charge in [-0.2, -0.15) is 49.0 Å². The summed E-state index contributed by atoms with van der Waals surface area (Å²) in [6.07, 6.45) is 14.6. The van der Waals surface area contributed by atoms with Crippen LogP contribution in [-0.2, 0) is 8.85 Å². The number of benzene rings is 6. The van der Waals surface area contributed by atoms with Crippen molar-refractivity contribution in [3.05, 3.63) is 267 Å². The minimum Gasteiger partial charge on any atom is -0.407 e. The Morgan fingerprint density at radius 3 is 0.967 bits per heavy atom. The number of nitro groups is 3. The van der Waals surface area contributed by atoms with Crippen LogP contribution in [0.4, 0.5) is 17.1 Å². The number of thiol groups is 3. The van der Waals surface area contributed by atoms with Crippen molar-refractivity contribution >= 4 is 186 Å². The Labute approximate surface area is 767 Å². The minimum atomic E-state index is -2.51. The molecule has 2 aliphatic carbocycles. The quantitative estimate of drug-likeness (QED) is 0.00507. The second-order valence-electron chi connectivity index (χ2n) is 29.8. The molecule has 9 aromatic rings. The molecular formula is C90H135ClN6O11S9Si3. The predicted octanol–water partition coefficient (Wildman–Crippen LogP) is 23.7. The van der Waals surface area contributed by atoms with Crippen LogP contribution >= 0.6 is 114 Å². The highest BCUT2D eigenvalue weighted by Gasteiger charge is 2.52. The van der Waals surface area contributed by atoms with Gasteiger partial charge in [0.2, 0.25) is 7.38 Å². The van der Waals surface area contributed by atoms with Gasteiger partial charge in [0.05, 0.1) is 34.6 Å². The van der Waals surface area contributed by atoms with Crippen molar-refractivity contribution in [2.75, 3.05) is 56.0 Å². The molecule has 17 nitrogen and oxygen atoms in total. The summed E-state index contributed by atoms with van der Waals surface area (Å²) in [6, 6.07) is 72.6. The van der Waals surface area contributed by atoms with Crippen molar-refractivity contribution in [3.63, 3.8) is 0 Å². The van der Waals surface area contributed by atoms with E-state index < -0.39 is 38.8 Å². The Morgan fingerprint density at radius 1 is 0.425 bits per heavy atom. The van der Waals surface area contributed by atoms with E-state index in [0.29, 0.717) is 35.6 Å². The molecule has 0 bridgehead atoms. The van der Waals surface area contributed by atoms with E-state index in [1.165, 1.54) is 163 Å². The summed E-state index contributed by atoms with van der Waals surface area (Å²) < 4.78 is 13.6. The number of halogens is 1. The van der Waals surface area contributed by atoms with Gasteiger partial charge in [0.15, 0.2) is 0 Å². The first-order valence-corrected chi connectivity index (χ1v) is 53.1. The van der Waals surface area contributed by atoms with Crippen molar-refractivity contribution in [2.45, 2.75) is 211 Å². The van der Waals surface area contributed by atoms with Crippen LogP contribution in [0.25, 0.3) is 0 Å². The summed E-state index contributed by atoms with van der Waals surface area (Å²) in [5, 5.41) is 67.3. The lowest BCUT2D eigenvalue weighted by atomic mass is 10.1. The number of hydrogen-bond donors (Lipinski definition) is 6. The zero-order valence-corrected chi connectivity index (χ0v) is 78.0. The highest BCUT2D eigenvalue weighted by Crippen LogP contribution is 2.47. The summed E-state index contributed by atoms with van der Waals surface area (Å²) in [4.78, 5) is 42.2. The fourth-order valence-corrected chi connectivity index (χ4v) is 33.4. The highest BCUT2D eigenvalue weighted by atomic mass is 35.6. The van der Waals surface area contributed by atoms with Crippen LogP contribution in [0.5, 0.6) is 0 Å². The summed E-state index contributed by atoms with van der Waals surface area (Å²) in [6.45, 7) is 24.7. The van der Waals surface area contributed by atoms with Gasteiger partial charge in [-0.15, -0.1) is 0 Å². The standard InChI is InChI=1S/C23H26N2O3S2Si.C18H24OSSi.C16H19ClSi.C10H6N4O4S2.C9H18OS2.C6H12OS.C2H6OS.6CH4/c1-23(2,3)31(20-10-6-4-7-11-20,21-12-8-5-9-13-21)28-16-17-29-30-22-15-14-19(18-24-22)25(26)27;1-18(2,3)21(19-14-15-20,16-10-6-4-7-11-16)17-12-8-5-9-13-17;1-16(2,3)18(17,14-10-6-4-7-11-14)15-12-8-5-9-13-15;15-13(16)7-1-3-9(11-5-7)19-20-10-4-2-8(6-12-10)14(17)18;1-2-7-11-12-9(8-10)5-3-4-6-9;7-5-6(8)3-1-2-4-6;3-1-2-4;;;;;;/h4-15,18H,16-17H2,1-3H3;4-13,20H,14-15H2,1-3H3;4-13H,1-3H3;1-6H;10H,2-8H2,1H3;7-8H,1-5H2;3-4H,1-2H2;6*1H4. The van der Waals surface area contributed by atoms with Gasteiger partial charge >= 0.3 is 0 Å². The Bertz CT molecular complexity index is 4000. The maximum Gasteiger partial charge on any atom is 0.287 e. The van der Waals surface area contributed by atoms with Crippen molar-refractivity contribution in [1.29, 1.82) is 0 Å². The van der Waals surface area contributed by atoms with Gasteiger partial charge in [-0.1, -0.05) is 354 Å². The molecule has 0 aliphatic heterocycles. The Kier molecular flexibility index (Phi) is 58.2. The Balaban J connectivity index is 0. The van der Waals surface area contributed by atoms with Gasteiger partial charge in [0, 0.05) is 63.9 Å². The molecule has 11 rings (SSSR count). The molecule has 2 saturated carbocycles. The average molecular weight is 1890 g/mol. The summed E-state index contributed by atoms with van der Waals surface area (Å²) >= 11 is 19.6. The molecule has 0 radical (unpaired) electrons. The molecule has 0 spiro atoms. The van der Waals surface area contributed by atoms with Crippen molar-refractivity contribution in [2.24, 2.45) is 0 Å². The van der Waals surface area contributed by atoms with E-state index in [0.717, 1.165) is 29.4 Å². The first-order chi connectivity index (χ1) is 54.4. The molecule has 0 unspecified atom stereocenters. The van der Waals surface area contributed by atoms with Crippen LogP contribution in [0.2, 0.25) is 15.1 Å². The van der Waals surface area contributed by atoms with E-state index in [4.69, 9.17) is 30.1 Å². The normalized spacial score (nSPS) is 13.0. The molecule has 0 atom stereocenters. The van der Waals surface area contributed by atoms with Gasteiger partial charge in [-0.05, 0) is 129 Å². The lowest BCUT2D eigenvalue weighted by Gasteiger charge is -2.43. The predicted molar refractivity (Wildman–Crippen MR) is 544 cm³/mol. The highest BCUT2D eigenvalue weighted by molar-refractivity contribution is 8.77. The molecule has 664 valence electrons. The number of aromatic nitrogens is 3. The monoisotopic (exact) mass is 1880 g/mol. The van der Waals surface area contributed by atoms with Gasteiger partial charge in [-0.25, -0.2) is 15.0 Å². The van der Waals surface area contributed by atoms with E-state index >= 15 is 0 Å². The molecule has 3 N–H and O–H groups in total.